The zero-order chi connectivity index (χ0) is 17.4. The first-order chi connectivity index (χ1) is 12.2. The molecule has 4 nitrogen and oxygen atoms in total. The maximum atomic E-state index is 12.9. The molecule has 0 spiro atoms. The van der Waals surface area contributed by atoms with Crippen LogP contribution in [0.25, 0.3) is 10.9 Å². The number of fused-ring (bicyclic) bond motifs is 3. The largest absolute Gasteiger partial charge is 0.333 e. The second-order valence-electron chi connectivity index (χ2n) is 7.32. The second kappa shape index (κ2) is 6.83. The molecule has 0 fully saturated rings. The number of hydrogen-bond acceptors (Lipinski definition) is 2. The summed E-state index contributed by atoms with van der Waals surface area (Å²) >= 11 is 0. The Morgan fingerprint density at radius 1 is 1.08 bits per heavy atom. The molecule has 0 saturated carbocycles. The molecule has 4 heteroatoms. The lowest BCUT2D eigenvalue weighted by Crippen LogP contribution is -2.42. The van der Waals surface area contributed by atoms with Crippen LogP contribution in [0.3, 0.4) is 0 Å². The first-order valence-electron chi connectivity index (χ1n) is 9.90. The molecular weight excluding hydrogens is 310 g/mol. The van der Waals surface area contributed by atoms with Crippen molar-refractivity contribution >= 4 is 22.5 Å². The van der Waals surface area contributed by atoms with E-state index >= 15 is 0 Å². The van der Waals surface area contributed by atoms with Gasteiger partial charge in [0.15, 0.2) is 0 Å². The standard InChI is InChI=1S/C21H29N3O/c1-3-22(4-2)13-14-23-19-12-8-10-17-16-9-6-5-7-11-18(16)24(21(17)19)15-20(23)25/h8,10,12H,3-7,9,11,13-15H2,1-2H3. The highest BCUT2D eigenvalue weighted by Gasteiger charge is 2.30. The number of nitrogens with zero attached hydrogens (tertiary/aromatic N) is 3. The lowest BCUT2D eigenvalue weighted by Gasteiger charge is -2.31. The molecule has 25 heavy (non-hydrogen) atoms. The van der Waals surface area contributed by atoms with E-state index in [1.165, 1.54) is 41.4 Å². The fourth-order valence-corrected chi connectivity index (χ4v) is 4.62. The molecule has 2 heterocycles. The fraction of sp³-hybridized carbons (Fsp3) is 0.571. The van der Waals surface area contributed by atoms with Gasteiger partial charge in [-0.15, -0.1) is 0 Å². The van der Waals surface area contributed by atoms with Gasteiger partial charge in [0, 0.05) is 24.2 Å². The third kappa shape index (κ3) is 2.77. The minimum absolute atomic E-state index is 0.245. The van der Waals surface area contributed by atoms with Crippen molar-refractivity contribution < 1.29 is 4.79 Å². The number of carbonyl (C=O) groups is 1. The van der Waals surface area contributed by atoms with E-state index in [1.807, 2.05) is 4.90 Å². The Balaban J connectivity index is 1.76. The summed E-state index contributed by atoms with van der Waals surface area (Å²) in [4.78, 5) is 17.4. The molecule has 2 aromatic rings. The van der Waals surface area contributed by atoms with Crippen LogP contribution in [0.4, 0.5) is 5.69 Å². The number of aromatic nitrogens is 1. The van der Waals surface area contributed by atoms with E-state index in [0.29, 0.717) is 6.54 Å². The highest BCUT2D eigenvalue weighted by molar-refractivity contribution is 6.07. The molecule has 0 bridgehead atoms. The van der Waals surface area contributed by atoms with Gasteiger partial charge in [-0.1, -0.05) is 32.4 Å². The summed E-state index contributed by atoms with van der Waals surface area (Å²) in [5, 5.41) is 1.38. The lowest BCUT2D eigenvalue weighted by atomic mass is 10.1. The Bertz CT molecular complexity index is 788. The summed E-state index contributed by atoms with van der Waals surface area (Å²) in [7, 11) is 0. The first-order valence-corrected chi connectivity index (χ1v) is 9.90. The number of anilines is 1. The normalized spacial score (nSPS) is 17.2. The quantitative estimate of drug-likeness (QED) is 0.779. The monoisotopic (exact) mass is 339 g/mol. The van der Waals surface area contributed by atoms with Crippen LogP contribution in [-0.2, 0) is 24.2 Å². The van der Waals surface area contributed by atoms with Crippen LogP contribution in [0.15, 0.2) is 18.2 Å². The Labute approximate surface area is 150 Å². The molecule has 0 atom stereocenters. The fourth-order valence-electron chi connectivity index (χ4n) is 4.62. The zero-order valence-electron chi connectivity index (χ0n) is 15.6. The van der Waals surface area contributed by atoms with Crippen LogP contribution in [0, 0.1) is 0 Å². The van der Waals surface area contributed by atoms with Crippen LogP contribution >= 0.6 is 0 Å². The Hall–Kier alpha value is -1.81. The van der Waals surface area contributed by atoms with Crippen molar-refractivity contribution in [3.63, 3.8) is 0 Å². The van der Waals surface area contributed by atoms with Gasteiger partial charge in [-0.2, -0.15) is 0 Å². The van der Waals surface area contributed by atoms with Crippen molar-refractivity contribution in [1.82, 2.24) is 9.47 Å². The number of amides is 1. The van der Waals surface area contributed by atoms with E-state index in [-0.39, 0.29) is 5.91 Å². The minimum Gasteiger partial charge on any atom is -0.333 e. The second-order valence-corrected chi connectivity index (χ2v) is 7.32. The molecule has 1 aliphatic heterocycles. The predicted octanol–water partition coefficient (Wildman–Crippen LogP) is 3.60. The Morgan fingerprint density at radius 2 is 1.88 bits per heavy atom. The summed E-state index contributed by atoms with van der Waals surface area (Å²) in [6, 6.07) is 6.53. The molecule has 134 valence electrons. The van der Waals surface area contributed by atoms with E-state index in [2.05, 4.69) is 41.5 Å². The number of benzene rings is 1. The van der Waals surface area contributed by atoms with Gasteiger partial charge in [0.1, 0.15) is 6.54 Å². The molecule has 0 N–H and O–H groups in total. The number of carbonyl (C=O) groups excluding carboxylic acids is 1. The smallest absolute Gasteiger partial charge is 0.247 e. The maximum absolute atomic E-state index is 12.9. The van der Waals surface area contributed by atoms with Gasteiger partial charge in [-0.25, -0.2) is 0 Å². The summed E-state index contributed by atoms with van der Waals surface area (Å²) in [6.07, 6.45) is 6.11. The predicted molar refractivity (Wildman–Crippen MR) is 103 cm³/mol. The van der Waals surface area contributed by atoms with Crippen molar-refractivity contribution in [2.24, 2.45) is 0 Å². The summed E-state index contributed by atoms with van der Waals surface area (Å²) < 4.78 is 2.33. The van der Waals surface area contributed by atoms with Gasteiger partial charge in [0.2, 0.25) is 5.91 Å². The third-order valence-corrected chi connectivity index (χ3v) is 6.04. The van der Waals surface area contributed by atoms with Gasteiger partial charge in [-0.05, 0) is 50.4 Å². The molecule has 1 amide bonds. The van der Waals surface area contributed by atoms with Gasteiger partial charge >= 0.3 is 0 Å². The van der Waals surface area contributed by atoms with Gasteiger partial charge in [-0.3, -0.25) is 4.79 Å². The van der Waals surface area contributed by atoms with Crippen LogP contribution in [-0.4, -0.2) is 41.6 Å². The van der Waals surface area contributed by atoms with Crippen LogP contribution in [0.5, 0.6) is 0 Å². The SMILES string of the molecule is CCN(CC)CCN1C(=O)Cn2c3c(c4cccc1c42)CCCCC3. The highest BCUT2D eigenvalue weighted by atomic mass is 16.2. The number of likely N-dealkylation sites (N-methyl/N-ethyl adjacent to an activating group) is 1. The van der Waals surface area contributed by atoms with E-state index in [0.717, 1.165) is 44.7 Å². The van der Waals surface area contributed by atoms with Crippen molar-refractivity contribution in [1.29, 1.82) is 0 Å². The van der Waals surface area contributed by atoms with Crippen molar-refractivity contribution in [2.45, 2.75) is 52.5 Å². The number of rotatable bonds is 5. The van der Waals surface area contributed by atoms with Crippen molar-refractivity contribution in [3.05, 3.63) is 29.5 Å². The van der Waals surface area contributed by atoms with Crippen LogP contribution in [0.2, 0.25) is 0 Å². The third-order valence-electron chi connectivity index (χ3n) is 6.04. The van der Waals surface area contributed by atoms with E-state index in [1.54, 1.807) is 0 Å². The van der Waals surface area contributed by atoms with Crippen LogP contribution in [0.1, 0.15) is 44.4 Å². The summed E-state index contributed by atoms with van der Waals surface area (Å²) in [5.41, 5.74) is 5.35. The van der Waals surface area contributed by atoms with E-state index in [4.69, 9.17) is 0 Å². The molecule has 1 aromatic carbocycles. The van der Waals surface area contributed by atoms with Crippen LogP contribution < -0.4 is 4.90 Å². The zero-order valence-corrected chi connectivity index (χ0v) is 15.6. The van der Waals surface area contributed by atoms with E-state index in [9.17, 15) is 4.79 Å². The van der Waals surface area contributed by atoms with Gasteiger partial charge < -0.3 is 14.4 Å². The molecular formula is C21H29N3O. The van der Waals surface area contributed by atoms with E-state index < -0.39 is 0 Å². The van der Waals surface area contributed by atoms with Gasteiger partial charge in [0.25, 0.3) is 0 Å². The topological polar surface area (TPSA) is 28.5 Å². The molecule has 1 aromatic heterocycles. The number of aryl methyl sites for hydroxylation is 1. The number of para-hydroxylation sites is 1. The molecule has 0 radical (unpaired) electrons. The van der Waals surface area contributed by atoms with Gasteiger partial charge in [0.05, 0.1) is 11.2 Å². The lowest BCUT2D eigenvalue weighted by molar-refractivity contribution is -0.119. The van der Waals surface area contributed by atoms with Crippen molar-refractivity contribution in [3.8, 4) is 0 Å². The molecule has 4 rings (SSSR count). The Kier molecular flexibility index (Phi) is 4.55. The molecule has 0 saturated heterocycles. The summed E-state index contributed by atoms with van der Waals surface area (Å²) in [6.45, 7) is 8.68. The number of hydrogen-bond donors (Lipinski definition) is 0. The Morgan fingerprint density at radius 3 is 2.68 bits per heavy atom. The molecule has 0 unspecified atom stereocenters. The summed E-state index contributed by atoms with van der Waals surface area (Å²) in [5.74, 6) is 0.245. The molecule has 1 aliphatic carbocycles. The average Bonchev–Trinajstić information content (AvgIpc) is 2.78. The van der Waals surface area contributed by atoms with Crippen molar-refractivity contribution in [2.75, 3.05) is 31.1 Å². The first kappa shape index (κ1) is 16.6. The minimum atomic E-state index is 0.245. The highest BCUT2D eigenvalue weighted by Crippen LogP contribution is 2.39. The molecule has 2 aliphatic rings. The maximum Gasteiger partial charge on any atom is 0.247 e. The average molecular weight is 339 g/mol.